The van der Waals surface area contributed by atoms with Crippen LogP contribution in [0, 0.1) is 0 Å². The van der Waals surface area contributed by atoms with Crippen molar-refractivity contribution in [3.05, 3.63) is 77.2 Å². The van der Waals surface area contributed by atoms with Gasteiger partial charge in [-0.15, -0.1) is 6.58 Å². The summed E-state index contributed by atoms with van der Waals surface area (Å²) in [5.41, 5.74) is 2.17. The van der Waals surface area contributed by atoms with Crippen LogP contribution in [0.5, 0.6) is 5.75 Å². The Morgan fingerprint density at radius 3 is 2.57 bits per heavy atom. The summed E-state index contributed by atoms with van der Waals surface area (Å²) in [6.07, 6.45) is 1.61. The molecule has 1 fully saturated rings. The van der Waals surface area contributed by atoms with Gasteiger partial charge < -0.3 is 10.2 Å². The topological polar surface area (TPSA) is 90.2 Å². The number of phenols is 1. The summed E-state index contributed by atoms with van der Waals surface area (Å²) < 4.78 is 0. The lowest BCUT2D eigenvalue weighted by molar-refractivity contribution is -0.121. The predicted octanol–water partition coefficient (Wildman–Crippen LogP) is 4.27. The first-order chi connectivity index (χ1) is 13.4. The molecule has 2 N–H and O–H groups in total. The van der Waals surface area contributed by atoms with E-state index in [1.165, 1.54) is 28.8 Å². The second-order valence-electron chi connectivity index (χ2n) is 6.06. The molecule has 6 nitrogen and oxygen atoms in total. The van der Waals surface area contributed by atoms with Crippen LogP contribution in [0.25, 0.3) is 5.57 Å². The number of phenolic OH excluding ortho intramolecular Hbond substituents is 1. The summed E-state index contributed by atoms with van der Waals surface area (Å²) >= 11 is 1.23. The highest BCUT2D eigenvalue weighted by Gasteiger charge is 2.34. The number of rotatable bonds is 5. The van der Waals surface area contributed by atoms with Crippen LogP contribution in [0.4, 0.5) is 5.69 Å². The van der Waals surface area contributed by atoms with Crippen molar-refractivity contribution >= 4 is 40.1 Å². The number of carbonyl (C=O) groups excluding carboxylic acids is 1. The minimum Gasteiger partial charge on any atom is -0.508 e. The SMILES string of the molecule is C=CCN1C(=O)/C(=C(\C)c2ccc(O)cc2)SC1=Nc1cccc(C(=O)O)c1. The van der Waals surface area contributed by atoms with Gasteiger partial charge in [0.2, 0.25) is 0 Å². The van der Waals surface area contributed by atoms with Crippen LogP contribution in [0.2, 0.25) is 0 Å². The molecule has 28 heavy (non-hydrogen) atoms. The number of thioether (sulfide) groups is 1. The van der Waals surface area contributed by atoms with Gasteiger partial charge in [0.05, 0.1) is 16.2 Å². The molecule has 0 spiro atoms. The fraction of sp³-hybridized carbons (Fsp3) is 0.0952. The molecule has 7 heteroatoms. The van der Waals surface area contributed by atoms with E-state index in [9.17, 15) is 14.7 Å². The lowest BCUT2D eigenvalue weighted by atomic mass is 10.1. The highest BCUT2D eigenvalue weighted by atomic mass is 32.2. The van der Waals surface area contributed by atoms with Crippen molar-refractivity contribution in [3.8, 4) is 5.75 Å². The number of carbonyl (C=O) groups is 2. The number of amidine groups is 1. The zero-order chi connectivity index (χ0) is 20.3. The average Bonchev–Trinajstić information content (AvgIpc) is 2.98. The molecule has 142 valence electrons. The van der Waals surface area contributed by atoms with Crippen molar-refractivity contribution in [2.45, 2.75) is 6.92 Å². The first-order valence-electron chi connectivity index (χ1n) is 8.43. The minimum absolute atomic E-state index is 0.127. The predicted molar refractivity (Wildman–Crippen MR) is 111 cm³/mol. The first-order valence-corrected chi connectivity index (χ1v) is 9.25. The van der Waals surface area contributed by atoms with E-state index in [0.29, 0.717) is 15.8 Å². The number of benzene rings is 2. The normalized spacial score (nSPS) is 17.1. The van der Waals surface area contributed by atoms with E-state index in [4.69, 9.17) is 5.11 Å². The monoisotopic (exact) mass is 394 g/mol. The molecule has 0 aromatic heterocycles. The summed E-state index contributed by atoms with van der Waals surface area (Å²) in [7, 11) is 0. The van der Waals surface area contributed by atoms with Gasteiger partial charge >= 0.3 is 5.97 Å². The number of aromatic carboxylic acids is 1. The second kappa shape index (κ2) is 8.14. The molecule has 2 aromatic rings. The second-order valence-corrected chi connectivity index (χ2v) is 7.03. The molecular weight excluding hydrogens is 376 g/mol. The Balaban J connectivity index is 2.02. The fourth-order valence-corrected chi connectivity index (χ4v) is 3.74. The third-order valence-electron chi connectivity index (χ3n) is 4.13. The molecule has 0 aliphatic carbocycles. The van der Waals surface area contributed by atoms with Gasteiger partial charge in [0.15, 0.2) is 5.17 Å². The standard InChI is InChI=1S/C21H18N2O4S/c1-3-11-23-19(25)18(13(2)14-7-9-17(24)10-8-14)28-21(23)22-16-6-4-5-15(12-16)20(26)27/h3-10,12,24H,1,11H2,2H3,(H,26,27)/b18-13-,22-21?. The molecule has 0 saturated carbocycles. The van der Waals surface area contributed by atoms with Crippen molar-refractivity contribution in [3.63, 3.8) is 0 Å². The molecule has 1 saturated heterocycles. The van der Waals surface area contributed by atoms with Gasteiger partial charge in [-0.05, 0) is 60.2 Å². The molecule has 2 aromatic carbocycles. The van der Waals surface area contributed by atoms with Gasteiger partial charge in [0.25, 0.3) is 5.91 Å². The van der Waals surface area contributed by atoms with Gasteiger partial charge in [-0.2, -0.15) is 0 Å². The maximum Gasteiger partial charge on any atom is 0.335 e. The largest absolute Gasteiger partial charge is 0.508 e. The number of hydrogen-bond acceptors (Lipinski definition) is 5. The molecule has 3 rings (SSSR count). The Morgan fingerprint density at radius 2 is 1.93 bits per heavy atom. The van der Waals surface area contributed by atoms with Crippen LogP contribution < -0.4 is 0 Å². The Bertz CT molecular complexity index is 1010. The summed E-state index contributed by atoms with van der Waals surface area (Å²) in [6, 6.07) is 12.9. The molecule has 0 bridgehead atoms. The number of hydrogen-bond donors (Lipinski definition) is 2. The van der Waals surface area contributed by atoms with Crippen LogP contribution >= 0.6 is 11.8 Å². The summed E-state index contributed by atoms with van der Waals surface area (Å²) in [6.45, 7) is 5.82. The maximum absolute atomic E-state index is 12.9. The number of aromatic hydroxyl groups is 1. The van der Waals surface area contributed by atoms with Crippen molar-refractivity contribution in [1.82, 2.24) is 4.90 Å². The number of amides is 1. The number of carboxylic acid groups (broad SMARTS) is 1. The smallest absolute Gasteiger partial charge is 0.335 e. The first kappa shape index (κ1) is 19.4. The average molecular weight is 394 g/mol. The van der Waals surface area contributed by atoms with Crippen LogP contribution in [0.3, 0.4) is 0 Å². The van der Waals surface area contributed by atoms with E-state index >= 15 is 0 Å². The summed E-state index contributed by atoms with van der Waals surface area (Å²) in [5.74, 6) is -1.08. The molecule has 1 amide bonds. The number of aliphatic imine (C=N–C) groups is 1. The molecule has 0 atom stereocenters. The van der Waals surface area contributed by atoms with Gasteiger partial charge in [-0.1, -0.05) is 24.3 Å². The summed E-state index contributed by atoms with van der Waals surface area (Å²) in [5, 5.41) is 19.1. The van der Waals surface area contributed by atoms with Gasteiger partial charge in [0, 0.05) is 6.54 Å². The summed E-state index contributed by atoms with van der Waals surface area (Å²) in [4.78, 5) is 30.6. The van der Waals surface area contributed by atoms with Crippen LogP contribution in [0.15, 0.2) is 71.1 Å². The van der Waals surface area contributed by atoms with Gasteiger partial charge in [-0.25, -0.2) is 9.79 Å². The molecule has 1 heterocycles. The van der Waals surface area contributed by atoms with Crippen LogP contribution in [-0.4, -0.2) is 38.7 Å². The molecule has 1 aliphatic rings. The van der Waals surface area contributed by atoms with E-state index in [0.717, 1.165) is 11.1 Å². The Labute approximate surface area is 166 Å². The number of allylic oxidation sites excluding steroid dienone is 1. The van der Waals surface area contributed by atoms with Crippen molar-refractivity contribution < 1.29 is 19.8 Å². The van der Waals surface area contributed by atoms with Crippen LogP contribution in [0.1, 0.15) is 22.8 Å². The zero-order valence-electron chi connectivity index (χ0n) is 15.1. The molecule has 0 unspecified atom stereocenters. The lowest BCUT2D eigenvalue weighted by Crippen LogP contribution is -2.29. The van der Waals surface area contributed by atoms with Crippen molar-refractivity contribution in [1.29, 1.82) is 0 Å². The molecular formula is C21H18N2O4S. The third-order valence-corrected chi connectivity index (χ3v) is 5.31. The molecule has 0 radical (unpaired) electrons. The fourth-order valence-electron chi connectivity index (χ4n) is 2.67. The molecule has 1 aliphatic heterocycles. The quantitative estimate of drug-likeness (QED) is 0.584. The third kappa shape index (κ3) is 3.99. The Hall–Kier alpha value is -3.32. The minimum atomic E-state index is -1.04. The van der Waals surface area contributed by atoms with Crippen molar-refractivity contribution in [2.75, 3.05) is 6.54 Å². The van der Waals surface area contributed by atoms with Crippen molar-refractivity contribution in [2.24, 2.45) is 4.99 Å². The van der Waals surface area contributed by atoms with Gasteiger partial charge in [0.1, 0.15) is 5.75 Å². The highest BCUT2D eigenvalue weighted by Crippen LogP contribution is 2.38. The zero-order valence-corrected chi connectivity index (χ0v) is 15.9. The Kier molecular flexibility index (Phi) is 5.65. The van der Waals surface area contributed by atoms with Gasteiger partial charge in [-0.3, -0.25) is 9.69 Å². The van der Waals surface area contributed by atoms with E-state index in [1.54, 1.807) is 42.5 Å². The van der Waals surface area contributed by atoms with E-state index in [2.05, 4.69) is 11.6 Å². The number of nitrogens with zero attached hydrogens (tertiary/aromatic N) is 2. The Morgan fingerprint density at radius 1 is 1.21 bits per heavy atom. The van der Waals surface area contributed by atoms with E-state index in [-0.39, 0.29) is 23.8 Å². The highest BCUT2D eigenvalue weighted by molar-refractivity contribution is 8.18. The number of carboxylic acids is 1. The van der Waals surface area contributed by atoms with Crippen LogP contribution in [-0.2, 0) is 4.79 Å². The maximum atomic E-state index is 12.9. The van der Waals surface area contributed by atoms with E-state index in [1.807, 2.05) is 6.92 Å². The van der Waals surface area contributed by atoms with E-state index < -0.39 is 5.97 Å². The lowest BCUT2D eigenvalue weighted by Gasteiger charge is -2.12.